The topological polar surface area (TPSA) is 81.6 Å². The summed E-state index contributed by atoms with van der Waals surface area (Å²) in [5.74, 6) is 0.660. The van der Waals surface area contributed by atoms with Gasteiger partial charge in [0.2, 0.25) is 5.89 Å². The molecule has 0 bridgehead atoms. The number of aromatic nitrogens is 1. The quantitative estimate of drug-likeness (QED) is 0.937. The van der Waals surface area contributed by atoms with Crippen molar-refractivity contribution in [1.82, 2.24) is 9.88 Å². The molecule has 6 nitrogen and oxygen atoms in total. The Morgan fingerprint density at radius 2 is 2.27 bits per heavy atom. The minimum atomic E-state index is -0.300. The van der Waals surface area contributed by atoms with Crippen LogP contribution in [0.4, 0.5) is 4.79 Å². The maximum atomic E-state index is 12.1. The zero-order chi connectivity index (χ0) is 15.4. The summed E-state index contributed by atoms with van der Waals surface area (Å²) in [6, 6.07) is 9.34. The number of rotatable bonds is 4. The Morgan fingerprint density at radius 1 is 1.45 bits per heavy atom. The van der Waals surface area contributed by atoms with Crippen LogP contribution in [0.1, 0.15) is 23.9 Å². The van der Waals surface area contributed by atoms with Gasteiger partial charge in [-0.2, -0.15) is 0 Å². The molecule has 3 rings (SSSR count). The van der Waals surface area contributed by atoms with Crippen molar-refractivity contribution in [2.45, 2.75) is 19.1 Å². The first kappa shape index (κ1) is 14.6. The van der Waals surface area contributed by atoms with E-state index in [-0.39, 0.29) is 24.7 Å². The molecule has 2 heterocycles. The van der Waals surface area contributed by atoms with Gasteiger partial charge in [-0.15, -0.1) is 0 Å². The molecular formula is C16H19N3O3. The molecule has 0 spiro atoms. The van der Waals surface area contributed by atoms with E-state index in [1.165, 1.54) is 6.26 Å². The number of nitrogens with two attached hydrogens (primary N) is 1. The van der Waals surface area contributed by atoms with Crippen LogP contribution in [0.3, 0.4) is 0 Å². The molecule has 1 aromatic carbocycles. The molecule has 2 unspecified atom stereocenters. The Balaban J connectivity index is 1.50. The highest BCUT2D eigenvalue weighted by molar-refractivity contribution is 5.68. The first-order chi connectivity index (χ1) is 10.7. The van der Waals surface area contributed by atoms with Crippen LogP contribution >= 0.6 is 0 Å². The number of oxazole rings is 1. The second-order valence-electron chi connectivity index (χ2n) is 5.43. The molecular weight excluding hydrogens is 282 g/mol. The number of hydrogen-bond donors (Lipinski definition) is 1. The molecule has 6 heteroatoms. The van der Waals surface area contributed by atoms with Crippen molar-refractivity contribution in [2.24, 2.45) is 11.7 Å². The third-order valence-corrected chi connectivity index (χ3v) is 3.93. The number of ether oxygens (including phenoxy) is 1. The largest absolute Gasteiger partial charge is 0.447 e. The summed E-state index contributed by atoms with van der Waals surface area (Å²) >= 11 is 0. The van der Waals surface area contributed by atoms with Crippen molar-refractivity contribution in [3.05, 3.63) is 54.2 Å². The molecule has 22 heavy (non-hydrogen) atoms. The van der Waals surface area contributed by atoms with E-state index in [1.54, 1.807) is 11.1 Å². The van der Waals surface area contributed by atoms with E-state index in [2.05, 4.69) is 4.98 Å². The van der Waals surface area contributed by atoms with Crippen molar-refractivity contribution in [2.75, 3.05) is 13.1 Å². The number of benzene rings is 1. The Labute approximate surface area is 128 Å². The number of nitrogens with zero attached hydrogens (tertiary/aromatic N) is 2. The molecule has 1 amide bonds. The maximum absolute atomic E-state index is 12.1. The average Bonchev–Trinajstić information content (AvgIpc) is 3.24. The second-order valence-corrected chi connectivity index (χ2v) is 5.43. The normalized spacial score (nSPS) is 19.1. The molecule has 1 saturated heterocycles. The molecule has 1 aromatic heterocycles. The van der Waals surface area contributed by atoms with E-state index in [0.717, 1.165) is 12.0 Å². The van der Waals surface area contributed by atoms with Gasteiger partial charge in [0.25, 0.3) is 0 Å². The van der Waals surface area contributed by atoms with Crippen LogP contribution in [0.25, 0.3) is 0 Å². The lowest BCUT2D eigenvalue weighted by molar-refractivity contribution is 0.102. The molecule has 116 valence electrons. The zero-order valence-corrected chi connectivity index (χ0v) is 12.2. The van der Waals surface area contributed by atoms with E-state index in [1.807, 2.05) is 30.3 Å². The maximum Gasteiger partial charge on any atom is 0.410 e. The SMILES string of the molecule is NC(c1ncco1)C1CCN(C(=O)OCc2ccccc2)C1. The van der Waals surface area contributed by atoms with Crippen LogP contribution in [0.5, 0.6) is 0 Å². The molecule has 1 aliphatic heterocycles. The van der Waals surface area contributed by atoms with Gasteiger partial charge in [-0.25, -0.2) is 9.78 Å². The van der Waals surface area contributed by atoms with Crippen molar-refractivity contribution >= 4 is 6.09 Å². The van der Waals surface area contributed by atoms with Gasteiger partial charge in [-0.3, -0.25) is 0 Å². The van der Waals surface area contributed by atoms with Crippen LogP contribution in [0.2, 0.25) is 0 Å². The third kappa shape index (κ3) is 3.28. The summed E-state index contributed by atoms with van der Waals surface area (Å²) in [6.45, 7) is 1.50. The monoisotopic (exact) mass is 301 g/mol. The van der Waals surface area contributed by atoms with Crippen LogP contribution in [-0.2, 0) is 11.3 Å². The van der Waals surface area contributed by atoms with Gasteiger partial charge in [-0.1, -0.05) is 30.3 Å². The molecule has 0 radical (unpaired) electrons. The first-order valence-electron chi connectivity index (χ1n) is 7.34. The summed E-state index contributed by atoms with van der Waals surface area (Å²) in [6.07, 6.45) is 3.61. The molecule has 2 aromatic rings. The minimum absolute atomic E-state index is 0.142. The Kier molecular flexibility index (Phi) is 4.39. The lowest BCUT2D eigenvalue weighted by Gasteiger charge is -2.18. The van der Waals surface area contributed by atoms with Gasteiger partial charge in [0, 0.05) is 19.0 Å². The lowest BCUT2D eigenvalue weighted by Crippen LogP contribution is -2.31. The standard InChI is InChI=1S/C16H19N3O3/c17-14(15-18-7-9-21-15)13-6-8-19(10-13)16(20)22-11-12-4-2-1-3-5-12/h1-5,7,9,13-14H,6,8,10-11,17H2. The fourth-order valence-electron chi connectivity index (χ4n) is 2.66. The van der Waals surface area contributed by atoms with Crippen LogP contribution in [0, 0.1) is 5.92 Å². The van der Waals surface area contributed by atoms with E-state index in [4.69, 9.17) is 14.9 Å². The highest BCUT2D eigenvalue weighted by atomic mass is 16.6. The molecule has 0 aliphatic carbocycles. The smallest absolute Gasteiger partial charge is 0.410 e. The van der Waals surface area contributed by atoms with Crippen LogP contribution in [0.15, 0.2) is 47.2 Å². The fraction of sp³-hybridized carbons (Fsp3) is 0.375. The van der Waals surface area contributed by atoms with Crippen molar-refractivity contribution in [3.8, 4) is 0 Å². The van der Waals surface area contributed by atoms with Gasteiger partial charge in [0.1, 0.15) is 12.9 Å². The Hall–Kier alpha value is -2.34. The second kappa shape index (κ2) is 6.62. The summed E-state index contributed by atoms with van der Waals surface area (Å²) in [5.41, 5.74) is 7.11. The van der Waals surface area contributed by atoms with Crippen LogP contribution < -0.4 is 5.73 Å². The van der Waals surface area contributed by atoms with E-state index in [9.17, 15) is 4.79 Å². The Bertz CT molecular complexity index is 600. The highest BCUT2D eigenvalue weighted by Crippen LogP contribution is 2.27. The zero-order valence-electron chi connectivity index (χ0n) is 12.2. The minimum Gasteiger partial charge on any atom is -0.447 e. The summed E-state index contributed by atoms with van der Waals surface area (Å²) in [4.78, 5) is 17.9. The number of likely N-dealkylation sites (tertiary alicyclic amines) is 1. The lowest BCUT2D eigenvalue weighted by atomic mass is 10.00. The molecule has 1 fully saturated rings. The van der Waals surface area contributed by atoms with Crippen molar-refractivity contribution in [3.63, 3.8) is 0 Å². The first-order valence-corrected chi connectivity index (χ1v) is 7.34. The van der Waals surface area contributed by atoms with Crippen molar-refractivity contribution < 1.29 is 13.9 Å². The van der Waals surface area contributed by atoms with Crippen LogP contribution in [-0.4, -0.2) is 29.1 Å². The predicted octanol–water partition coefficient (Wildman–Crippen LogP) is 2.33. The number of amides is 1. The van der Waals surface area contributed by atoms with E-state index < -0.39 is 0 Å². The van der Waals surface area contributed by atoms with Gasteiger partial charge >= 0.3 is 6.09 Å². The summed E-state index contributed by atoms with van der Waals surface area (Å²) in [7, 11) is 0. The summed E-state index contributed by atoms with van der Waals surface area (Å²) < 4.78 is 10.6. The molecule has 1 aliphatic rings. The third-order valence-electron chi connectivity index (χ3n) is 3.93. The molecule has 2 N–H and O–H groups in total. The molecule has 2 atom stereocenters. The number of carbonyl (C=O) groups excluding carboxylic acids is 1. The summed E-state index contributed by atoms with van der Waals surface area (Å²) in [5, 5.41) is 0. The Morgan fingerprint density at radius 3 is 3.00 bits per heavy atom. The van der Waals surface area contributed by atoms with Gasteiger partial charge < -0.3 is 19.8 Å². The predicted molar refractivity (Wildman–Crippen MR) is 79.7 cm³/mol. The van der Waals surface area contributed by atoms with Gasteiger partial charge in [0.05, 0.1) is 12.2 Å². The fourth-order valence-corrected chi connectivity index (χ4v) is 2.66. The number of hydrogen-bond acceptors (Lipinski definition) is 5. The molecule has 0 saturated carbocycles. The van der Waals surface area contributed by atoms with Gasteiger partial charge in [0.15, 0.2) is 0 Å². The average molecular weight is 301 g/mol. The van der Waals surface area contributed by atoms with E-state index in [0.29, 0.717) is 19.0 Å². The van der Waals surface area contributed by atoms with E-state index >= 15 is 0 Å². The number of carbonyl (C=O) groups is 1. The van der Waals surface area contributed by atoms with Gasteiger partial charge in [-0.05, 0) is 12.0 Å². The highest BCUT2D eigenvalue weighted by Gasteiger charge is 2.33. The van der Waals surface area contributed by atoms with Crippen molar-refractivity contribution in [1.29, 1.82) is 0 Å².